The van der Waals surface area contributed by atoms with Gasteiger partial charge in [0.05, 0.1) is 11.5 Å². The number of nitrogens with zero attached hydrogens (tertiary/aromatic N) is 1. The van der Waals surface area contributed by atoms with Crippen molar-refractivity contribution in [2.24, 2.45) is 11.5 Å². The number of nitrogens with one attached hydrogen (secondary N) is 2. The predicted molar refractivity (Wildman–Crippen MR) is 173 cm³/mol. The molecule has 7 N–H and O–H groups in total. The van der Waals surface area contributed by atoms with Crippen molar-refractivity contribution in [2.45, 2.75) is 82.4 Å². The lowest BCUT2D eigenvalue weighted by atomic mass is 9.89. The standard InChI is InChI=1S/C25H35N3O4S.C7H14N2O2/c1-14(2)19-11-20(15(3)4)22(21(12-19)16(5)6)33(31,32)25(28,24(29)30)13-17-8-7-9-18(10-17)23(26)27;1-2-11-7(10)9-5-3-8-4-6-9/h7-12,14-16H,13,28H2,1-6H3,(H3,26,27)(H,29,30);8H,2-6H2,1H3. The molecule has 0 bridgehead atoms. The summed E-state index contributed by atoms with van der Waals surface area (Å²) in [5.74, 6) is -1.98. The highest BCUT2D eigenvalue weighted by molar-refractivity contribution is 7.93. The first-order chi connectivity index (χ1) is 20.5. The van der Waals surface area contributed by atoms with Crippen LogP contribution in [0.25, 0.3) is 0 Å². The van der Waals surface area contributed by atoms with Gasteiger partial charge in [0.1, 0.15) is 5.84 Å². The monoisotopic (exact) mass is 631 g/mol. The van der Waals surface area contributed by atoms with Crippen molar-refractivity contribution in [3.8, 4) is 0 Å². The van der Waals surface area contributed by atoms with Gasteiger partial charge < -0.3 is 31.5 Å². The van der Waals surface area contributed by atoms with Crippen LogP contribution in [0.5, 0.6) is 0 Å². The van der Waals surface area contributed by atoms with E-state index < -0.39 is 27.1 Å². The van der Waals surface area contributed by atoms with Crippen LogP contribution < -0.4 is 16.8 Å². The molecule has 3 rings (SSSR count). The molecule has 1 aliphatic rings. The number of amidine groups is 1. The largest absolute Gasteiger partial charge is 0.479 e. The molecular formula is C32H49N5O6S. The minimum absolute atomic E-state index is 0.00419. The van der Waals surface area contributed by atoms with Crippen LogP contribution in [0.2, 0.25) is 0 Å². The molecule has 2 aromatic carbocycles. The average Bonchev–Trinajstić information content (AvgIpc) is 2.97. The molecule has 1 saturated heterocycles. The summed E-state index contributed by atoms with van der Waals surface area (Å²) in [6.45, 7) is 17.2. The molecule has 11 nitrogen and oxygen atoms in total. The number of carbonyl (C=O) groups is 2. The number of nitrogen functional groups attached to an aromatic ring is 1. The number of ether oxygens (including phenoxy) is 1. The first kappa shape index (κ1) is 36.7. The molecule has 244 valence electrons. The van der Waals surface area contributed by atoms with Gasteiger partial charge in [0.15, 0.2) is 0 Å². The summed E-state index contributed by atoms with van der Waals surface area (Å²) in [5.41, 5.74) is 14.7. The number of hydrogen-bond acceptors (Lipinski definition) is 8. The fourth-order valence-electron chi connectivity index (χ4n) is 4.88. The van der Waals surface area contributed by atoms with Gasteiger partial charge in [-0.15, -0.1) is 0 Å². The number of aliphatic carboxylic acids is 1. The van der Waals surface area contributed by atoms with Gasteiger partial charge in [-0.3, -0.25) is 5.41 Å². The van der Waals surface area contributed by atoms with Crippen molar-refractivity contribution in [2.75, 3.05) is 32.8 Å². The molecule has 2 aromatic rings. The lowest BCUT2D eigenvalue weighted by Gasteiger charge is -2.30. The predicted octanol–water partition coefficient (Wildman–Crippen LogP) is 4.14. The van der Waals surface area contributed by atoms with Gasteiger partial charge in [0, 0.05) is 38.2 Å². The van der Waals surface area contributed by atoms with Crippen molar-refractivity contribution < 1.29 is 27.9 Å². The number of carboxylic acids is 1. The summed E-state index contributed by atoms with van der Waals surface area (Å²) >= 11 is 0. The molecule has 0 aliphatic carbocycles. The molecule has 1 amide bonds. The third-order valence-corrected chi connectivity index (χ3v) is 9.82. The number of hydrogen-bond donors (Lipinski definition) is 5. The van der Waals surface area contributed by atoms with Crippen LogP contribution in [0.4, 0.5) is 4.79 Å². The highest BCUT2D eigenvalue weighted by Crippen LogP contribution is 2.39. The second-order valence-corrected chi connectivity index (χ2v) is 14.1. The van der Waals surface area contributed by atoms with Gasteiger partial charge in [0.25, 0.3) is 0 Å². The second-order valence-electron chi connectivity index (χ2n) is 11.9. The van der Waals surface area contributed by atoms with Crippen LogP contribution in [-0.4, -0.2) is 74.0 Å². The minimum Gasteiger partial charge on any atom is -0.479 e. The number of rotatable bonds is 10. The Hall–Kier alpha value is -3.48. The molecule has 0 saturated carbocycles. The Morgan fingerprint density at radius 2 is 1.57 bits per heavy atom. The average molecular weight is 632 g/mol. The Labute approximate surface area is 261 Å². The Morgan fingerprint density at radius 3 is 2.00 bits per heavy atom. The van der Waals surface area contributed by atoms with Crippen LogP contribution in [-0.2, 0) is 25.8 Å². The van der Waals surface area contributed by atoms with Crippen molar-refractivity contribution in [3.05, 3.63) is 64.2 Å². The van der Waals surface area contributed by atoms with E-state index in [0.717, 1.165) is 31.7 Å². The highest BCUT2D eigenvalue weighted by Gasteiger charge is 2.50. The summed E-state index contributed by atoms with van der Waals surface area (Å²) in [7, 11) is -4.53. The Bertz CT molecular complexity index is 1410. The number of nitrogens with two attached hydrogens (primary N) is 2. The number of amides is 1. The third kappa shape index (κ3) is 8.58. The quantitative estimate of drug-likeness (QED) is 0.190. The summed E-state index contributed by atoms with van der Waals surface area (Å²) in [4.78, 5) is 22.6. The summed E-state index contributed by atoms with van der Waals surface area (Å²) in [5, 5.41) is 20.9. The van der Waals surface area contributed by atoms with Crippen molar-refractivity contribution in [1.82, 2.24) is 10.2 Å². The van der Waals surface area contributed by atoms with E-state index in [1.807, 2.05) is 60.6 Å². The van der Waals surface area contributed by atoms with Crippen molar-refractivity contribution in [3.63, 3.8) is 0 Å². The summed E-state index contributed by atoms with van der Waals surface area (Å²) < 4.78 is 33.0. The second kappa shape index (κ2) is 15.5. The van der Waals surface area contributed by atoms with Gasteiger partial charge in [-0.05, 0) is 53.0 Å². The lowest BCUT2D eigenvalue weighted by molar-refractivity contribution is -0.140. The summed E-state index contributed by atoms with van der Waals surface area (Å²) in [6.07, 6.45) is -0.652. The number of benzene rings is 2. The molecule has 44 heavy (non-hydrogen) atoms. The fraction of sp³-hybridized carbons (Fsp3) is 0.531. The van der Waals surface area contributed by atoms with Crippen LogP contribution in [0.15, 0.2) is 41.3 Å². The molecule has 1 fully saturated rings. The van der Waals surface area contributed by atoms with Gasteiger partial charge in [0.2, 0.25) is 14.7 Å². The smallest absolute Gasteiger partial charge is 0.409 e. The third-order valence-electron chi connectivity index (χ3n) is 7.54. The van der Waals surface area contributed by atoms with Crippen LogP contribution >= 0.6 is 0 Å². The van der Waals surface area contributed by atoms with E-state index in [9.17, 15) is 23.1 Å². The van der Waals surface area contributed by atoms with Crippen molar-refractivity contribution in [1.29, 1.82) is 5.41 Å². The van der Waals surface area contributed by atoms with Crippen LogP contribution in [0.3, 0.4) is 0 Å². The molecule has 1 aliphatic heterocycles. The normalized spacial score (nSPS) is 15.0. The van der Waals surface area contributed by atoms with Gasteiger partial charge in [-0.25, -0.2) is 18.0 Å². The van der Waals surface area contributed by atoms with Gasteiger partial charge in [-0.2, -0.15) is 0 Å². The number of carboxylic acid groups (broad SMARTS) is 1. The SMILES string of the molecule is CC(C)c1cc(C(C)C)c(S(=O)(=O)C(N)(Cc2cccc(C(=N)N)c2)C(=O)O)c(C(C)C)c1.CCOC(=O)N1CCNCC1. The molecule has 0 radical (unpaired) electrons. The number of piperazine rings is 1. The molecular weight excluding hydrogens is 582 g/mol. The first-order valence-electron chi connectivity index (χ1n) is 15.0. The Morgan fingerprint density at radius 1 is 1.02 bits per heavy atom. The lowest BCUT2D eigenvalue weighted by Crippen LogP contribution is -2.56. The number of carbonyl (C=O) groups excluding carboxylic acids is 1. The maximum Gasteiger partial charge on any atom is 0.409 e. The maximum atomic E-state index is 14.1. The molecule has 12 heteroatoms. The highest BCUT2D eigenvalue weighted by atomic mass is 32.2. The van der Waals surface area contributed by atoms with Crippen LogP contribution in [0, 0.1) is 5.41 Å². The van der Waals surface area contributed by atoms with E-state index in [1.165, 1.54) is 6.07 Å². The zero-order valence-corrected chi connectivity index (χ0v) is 27.8. The van der Waals surface area contributed by atoms with E-state index in [4.69, 9.17) is 21.6 Å². The zero-order valence-electron chi connectivity index (χ0n) is 26.9. The first-order valence-corrected chi connectivity index (χ1v) is 16.5. The maximum absolute atomic E-state index is 14.1. The number of sulfone groups is 1. The van der Waals surface area contributed by atoms with E-state index in [2.05, 4.69) is 5.32 Å². The van der Waals surface area contributed by atoms with Crippen LogP contribution in [0.1, 0.15) is 94.0 Å². The fourth-order valence-corrected chi connectivity index (χ4v) is 7.04. The Balaban J connectivity index is 0.000000514. The Kier molecular flexibility index (Phi) is 12.9. The van der Waals surface area contributed by atoms with E-state index in [1.54, 1.807) is 23.1 Å². The zero-order chi connectivity index (χ0) is 33.4. The van der Waals surface area contributed by atoms with E-state index in [0.29, 0.717) is 28.9 Å². The van der Waals surface area contributed by atoms with Gasteiger partial charge in [-0.1, -0.05) is 71.9 Å². The molecule has 0 spiro atoms. The molecule has 1 unspecified atom stereocenters. The summed E-state index contributed by atoms with van der Waals surface area (Å²) in [6, 6.07) is 9.98. The van der Waals surface area contributed by atoms with Crippen molar-refractivity contribution >= 4 is 27.7 Å². The van der Waals surface area contributed by atoms with Gasteiger partial charge >= 0.3 is 12.1 Å². The topological polar surface area (TPSA) is 189 Å². The van der Waals surface area contributed by atoms with E-state index in [-0.39, 0.29) is 34.6 Å². The molecule has 0 aromatic heterocycles. The minimum atomic E-state index is -4.53. The molecule has 1 atom stereocenters. The molecule has 1 heterocycles. The van der Waals surface area contributed by atoms with E-state index >= 15 is 0 Å².